The molecule has 0 aromatic heterocycles. The van der Waals surface area contributed by atoms with Gasteiger partial charge in [0.15, 0.2) is 11.6 Å². The molecule has 134 valence electrons. The van der Waals surface area contributed by atoms with E-state index in [-0.39, 0.29) is 5.56 Å². The molecule has 0 fully saturated rings. The third-order valence-electron chi connectivity index (χ3n) is 4.73. The molecule has 3 aromatic carbocycles. The first-order chi connectivity index (χ1) is 12.5. The summed E-state index contributed by atoms with van der Waals surface area (Å²) in [6.45, 7) is 0. The molecule has 4 rings (SSSR count). The van der Waals surface area contributed by atoms with Gasteiger partial charge in [-0.1, -0.05) is 12.1 Å². The Kier molecular flexibility index (Phi) is 4.00. The summed E-state index contributed by atoms with van der Waals surface area (Å²) in [5, 5.41) is 1.93. The fraction of sp³-hybridized carbons (Fsp3) is 0.200. The summed E-state index contributed by atoms with van der Waals surface area (Å²) in [5.41, 5.74) is 7.00. The summed E-state index contributed by atoms with van der Waals surface area (Å²) in [7, 11) is 1.58. The minimum atomic E-state index is -1.24. The predicted molar refractivity (Wildman–Crippen MR) is 91.9 cm³/mol. The number of halogens is 3. The number of hydrogen-bond acceptors (Lipinski definition) is 3. The molecule has 1 aliphatic rings. The first-order valence-electron chi connectivity index (χ1n) is 8.14. The summed E-state index contributed by atoms with van der Waals surface area (Å²) in [6, 6.07) is 10.1. The molecule has 0 saturated carbocycles. The molecule has 2 atom stereocenters. The zero-order valence-electron chi connectivity index (χ0n) is 13.9. The van der Waals surface area contributed by atoms with E-state index in [1.165, 1.54) is 0 Å². The van der Waals surface area contributed by atoms with Crippen LogP contribution in [-0.4, -0.2) is 13.2 Å². The van der Waals surface area contributed by atoms with Gasteiger partial charge in [0.25, 0.3) is 0 Å². The van der Waals surface area contributed by atoms with Crippen LogP contribution in [0.1, 0.15) is 17.2 Å². The highest BCUT2D eigenvalue weighted by atomic mass is 19.2. The molecule has 0 bridgehead atoms. The van der Waals surface area contributed by atoms with Gasteiger partial charge in [-0.25, -0.2) is 13.2 Å². The average molecular weight is 359 g/mol. The van der Waals surface area contributed by atoms with Crippen molar-refractivity contribution in [3.05, 3.63) is 71.0 Å². The van der Waals surface area contributed by atoms with Crippen molar-refractivity contribution in [3.63, 3.8) is 0 Å². The first-order valence-corrected chi connectivity index (χ1v) is 8.14. The van der Waals surface area contributed by atoms with Crippen LogP contribution < -0.4 is 15.2 Å². The summed E-state index contributed by atoms with van der Waals surface area (Å²) >= 11 is 0. The van der Waals surface area contributed by atoms with Crippen molar-refractivity contribution in [1.29, 1.82) is 0 Å². The van der Waals surface area contributed by atoms with E-state index in [1.807, 2.05) is 24.3 Å². The molecule has 0 radical (unpaired) electrons. The highest BCUT2D eigenvalue weighted by molar-refractivity contribution is 5.89. The van der Waals surface area contributed by atoms with E-state index >= 15 is 0 Å². The maximum atomic E-state index is 14.2. The van der Waals surface area contributed by atoms with Crippen LogP contribution in [0, 0.1) is 17.5 Å². The van der Waals surface area contributed by atoms with Gasteiger partial charge in [0.1, 0.15) is 23.4 Å². The average Bonchev–Trinajstić information content (AvgIpc) is 2.64. The van der Waals surface area contributed by atoms with Gasteiger partial charge in [0, 0.05) is 17.2 Å². The number of methoxy groups -OCH3 is 1. The monoisotopic (exact) mass is 359 g/mol. The van der Waals surface area contributed by atoms with Gasteiger partial charge in [-0.15, -0.1) is 0 Å². The molecule has 6 heteroatoms. The van der Waals surface area contributed by atoms with E-state index in [9.17, 15) is 13.2 Å². The molecule has 26 heavy (non-hydrogen) atoms. The van der Waals surface area contributed by atoms with Crippen LogP contribution in [0.4, 0.5) is 13.2 Å². The molecule has 3 nitrogen and oxygen atoms in total. The minimum absolute atomic E-state index is 0.0900. The maximum Gasteiger partial charge on any atom is 0.161 e. The molecule has 0 saturated heterocycles. The standard InChI is InChI=1S/C20H16F3NO2/c1-25-11-4-2-10-3-5-19-13(12(10)6-11)8-18(24)20(26-19)14-7-16(22)17(23)9-15(14)21/h2-7,9,18,20H,8,24H2,1H3. The molecule has 0 amide bonds. The molecule has 2 unspecified atom stereocenters. The smallest absolute Gasteiger partial charge is 0.161 e. The highest BCUT2D eigenvalue weighted by Gasteiger charge is 2.32. The number of nitrogens with two attached hydrogens (primary N) is 1. The molecule has 0 aliphatic carbocycles. The van der Waals surface area contributed by atoms with Crippen LogP contribution in [0.3, 0.4) is 0 Å². The van der Waals surface area contributed by atoms with Crippen LogP contribution in [0.5, 0.6) is 11.5 Å². The van der Waals surface area contributed by atoms with Crippen LogP contribution in [-0.2, 0) is 6.42 Å². The lowest BCUT2D eigenvalue weighted by molar-refractivity contribution is 0.149. The van der Waals surface area contributed by atoms with Gasteiger partial charge in [0.2, 0.25) is 0 Å². The third-order valence-corrected chi connectivity index (χ3v) is 4.73. The molecule has 1 heterocycles. The van der Waals surface area contributed by atoms with Crippen LogP contribution in [0.15, 0.2) is 42.5 Å². The maximum absolute atomic E-state index is 14.2. The summed E-state index contributed by atoms with van der Waals surface area (Å²) < 4.78 is 52.1. The lowest BCUT2D eigenvalue weighted by atomic mass is 9.90. The number of fused-ring (bicyclic) bond motifs is 3. The Labute approximate surface area is 148 Å². The van der Waals surface area contributed by atoms with E-state index in [0.717, 1.165) is 22.4 Å². The van der Waals surface area contributed by atoms with E-state index in [2.05, 4.69) is 0 Å². The van der Waals surface area contributed by atoms with E-state index in [1.54, 1.807) is 13.2 Å². The van der Waals surface area contributed by atoms with Gasteiger partial charge in [-0.3, -0.25) is 0 Å². The number of rotatable bonds is 2. The van der Waals surface area contributed by atoms with Crippen molar-refractivity contribution < 1.29 is 22.6 Å². The Morgan fingerprint density at radius 2 is 1.73 bits per heavy atom. The Bertz CT molecular complexity index is 1010. The molecule has 2 N–H and O–H groups in total. The highest BCUT2D eigenvalue weighted by Crippen LogP contribution is 2.40. The Morgan fingerprint density at radius 1 is 1.00 bits per heavy atom. The fourth-order valence-corrected chi connectivity index (χ4v) is 3.41. The van der Waals surface area contributed by atoms with Crippen molar-refractivity contribution in [2.24, 2.45) is 5.73 Å². The van der Waals surface area contributed by atoms with Gasteiger partial charge in [0.05, 0.1) is 13.2 Å². The van der Waals surface area contributed by atoms with Gasteiger partial charge >= 0.3 is 0 Å². The predicted octanol–water partition coefficient (Wildman–Crippen LogP) is 4.27. The first kappa shape index (κ1) is 16.7. The summed E-state index contributed by atoms with van der Waals surface area (Å²) in [6.07, 6.45) is -0.496. The summed E-state index contributed by atoms with van der Waals surface area (Å²) in [4.78, 5) is 0. The molecule has 1 aliphatic heterocycles. The van der Waals surface area contributed by atoms with Crippen molar-refractivity contribution in [2.75, 3.05) is 7.11 Å². The van der Waals surface area contributed by atoms with Crippen LogP contribution in [0.2, 0.25) is 0 Å². The molecular formula is C20H16F3NO2. The largest absolute Gasteiger partial charge is 0.497 e. The number of hydrogen-bond donors (Lipinski definition) is 1. The fourth-order valence-electron chi connectivity index (χ4n) is 3.41. The molecule has 0 spiro atoms. The van der Waals surface area contributed by atoms with Gasteiger partial charge < -0.3 is 15.2 Å². The minimum Gasteiger partial charge on any atom is -0.497 e. The van der Waals surface area contributed by atoms with Gasteiger partial charge in [-0.2, -0.15) is 0 Å². The molecular weight excluding hydrogens is 343 g/mol. The van der Waals surface area contributed by atoms with Crippen LogP contribution >= 0.6 is 0 Å². The lowest BCUT2D eigenvalue weighted by Crippen LogP contribution is -2.38. The second kappa shape index (κ2) is 6.21. The third kappa shape index (κ3) is 2.66. The number of benzene rings is 3. The normalized spacial score (nSPS) is 19.1. The second-order valence-electron chi connectivity index (χ2n) is 6.32. The van der Waals surface area contributed by atoms with E-state index in [0.29, 0.717) is 24.0 Å². The van der Waals surface area contributed by atoms with Crippen molar-refractivity contribution in [2.45, 2.75) is 18.6 Å². The SMILES string of the molecule is COc1ccc2ccc3c(c2c1)CC(N)C(c1cc(F)c(F)cc1F)O3. The van der Waals surface area contributed by atoms with E-state index in [4.69, 9.17) is 15.2 Å². The van der Waals surface area contributed by atoms with Crippen LogP contribution in [0.25, 0.3) is 10.8 Å². The van der Waals surface area contributed by atoms with Crippen molar-refractivity contribution >= 4 is 10.8 Å². The summed E-state index contributed by atoms with van der Waals surface area (Å²) in [5.74, 6) is -2.01. The zero-order valence-corrected chi connectivity index (χ0v) is 13.9. The Balaban J connectivity index is 1.80. The Hall–Kier alpha value is -2.73. The van der Waals surface area contributed by atoms with E-state index < -0.39 is 29.6 Å². The zero-order chi connectivity index (χ0) is 18.4. The lowest BCUT2D eigenvalue weighted by Gasteiger charge is -2.32. The quantitative estimate of drug-likeness (QED) is 0.695. The molecule has 3 aromatic rings. The second-order valence-corrected chi connectivity index (χ2v) is 6.32. The van der Waals surface area contributed by atoms with Gasteiger partial charge in [-0.05, 0) is 41.5 Å². The van der Waals surface area contributed by atoms with Crippen molar-refractivity contribution in [1.82, 2.24) is 0 Å². The topological polar surface area (TPSA) is 44.5 Å². The van der Waals surface area contributed by atoms with Crippen molar-refractivity contribution in [3.8, 4) is 11.5 Å². The Morgan fingerprint density at radius 3 is 2.50 bits per heavy atom. The number of ether oxygens (including phenoxy) is 2.